The average Bonchev–Trinajstić information content (AvgIpc) is 3.11. The van der Waals surface area contributed by atoms with Crippen molar-refractivity contribution in [1.82, 2.24) is 10.3 Å². The first-order chi connectivity index (χ1) is 11.1. The molecule has 2 aromatic rings. The zero-order chi connectivity index (χ0) is 16.4. The Kier molecular flexibility index (Phi) is 4.26. The first kappa shape index (κ1) is 15.4. The Balaban J connectivity index is 1.87. The van der Waals surface area contributed by atoms with Crippen molar-refractivity contribution in [1.29, 1.82) is 0 Å². The summed E-state index contributed by atoms with van der Waals surface area (Å²) in [6, 6.07) is 3.27. The van der Waals surface area contributed by atoms with Crippen molar-refractivity contribution in [2.24, 2.45) is 0 Å². The third kappa shape index (κ3) is 3.17. The van der Waals surface area contributed by atoms with Crippen LogP contribution in [-0.2, 0) is 6.42 Å². The Hall–Kier alpha value is -2.46. The van der Waals surface area contributed by atoms with E-state index in [2.05, 4.69) is 27.5 Å². The van der Waals surface area contributed by atoms with E-state index in [0.29, 0.717) is 6.61 Å². The van der Waals surface area contributed by atoms with Crippen molar-refractivity contribution in [2.75, 3.05) is 11.9 Å². The minimum Gasteiger partial charge on any atom is -0.493 e. The number of thiazole rings is 1. The predicted octanol–water partition coefficient (Wildman–Crippen LogP) is 2.69. The molecule has 0 radical (unpaired) electrons. The Morgan fingerprint density at radius 3 is 3.09 bits per heavy atom. The lowest BCUT2D eigenvalue weighted by molar-refractivity contribution is 0.190. The fourth-order valence-electron chi connectivity index (χ4n) is 2.58. The molecule has 23 heavy (non-hydrogen) atoms. The molecule has 3 rings (SSSR count). The van der Waals surface area contributed by atoms with Crippen LogP contribution in [0.1, 0.15) is 19.4 Å². The van der Waals surface area contributed by atoms with E-state index in [1.165, 1.54) is 11.3 Å². The van der Waals surface area contributed by atoms with E-state index < -0.39 is 6.09 Å². The maximum absolute atomic E-state index is 10.8. The molecule has 1 aliphatic heterocycles. The highest BCUT2D eigenvalue weighted by atomic mass is 32.1. The predicted molar refractivity (Wildman–Crippen MR) is 90.3 cm³/mol. The average molecular weight is 331 g/mol. The maximum Gasteiger partial charge on any atom is 0.404 e. The molecule has 0 aliphatic carbocycles. The van der Waals surface area contributed by atoms with Gasteiger partial charge in [0.15, 0.2) is 5.13 Å². The molecule has 3 N–H and O–H groups in total. The molecule has 1 aliphatic rings. The Labute approximate surface area is 137 Å². The fourth-order valence-corrected chi connectivity index (χ4v) is 3.52. The number of hydrogen-bond acceptors (Lipinski definition) is 5. The van der Waals surface area contributed by atoms with Gasteiger partial charge in [-0.05, 0) is 26.0 Å². The van der Waals surface area contributed by atoms with Gasteiger partial charge in [-0.1, -0.05) is 17.3 Å². The van der Waals surface area contributed by atoms with Crippen LogP contribution in [0.25, 0.3) is 10.2 Å². The molecular formula is C16H17N3O3S. The number of amides is 1. The second-order valence-corrected chi connectivity index (χ2v) is 6.29. The van der Waals surface area contributed by atoms with E-state index in [4.69, 9.17) is 9.84 Å². The van der Waals surface area contributed by atoms with Gasteiger partial charge < -0.3 is 20.5 Å². The molecule has 1 amide bonds. The van der Waals surface area contributed by atoms with Gasteiger partial charge in [0, 0.05) is 12.0 Å². The SMILES string of the molecule is CC#CC(Nc1nc2c3c(ccc2s1)OCC3)[C@H](C)NC(=O)O. The van der Waals surface area contributed by atoms with E-state index >= 15 is 0 Å². The van der Waals surface area contributed by atoms with E-state index in [1.807, 2.05) is 12.1 Å². The van der Waals surface area contributed by atoms with Crippen LogP contribution in [0.15, 0.2) is 12.1 Å². The van der Waals surface area contributed by atoms with Gasteiger partial charge in [0.2, 0.25) is 0 Å². The molecule has 0 fully saturated rings. The zero-order valence-electron chi connectivity index (χ0n) is 12.8. The summed E-state index contributed by atoms with van der Waals surface area (Å²) in [5.74, 6) is 6.72. The molecule has 120 valence electrons. The van der Waals surface area contributed by atoms with E-state index in [-0.39, 0.29) is 12.1 Å². The summed E-state index contributed by atoms with van der Waals surface area (Å²) < 4.78 is 6.65. The smallest absolute Gasteiger partial charge is 0.404 e. The number of fused-ring (bicyclic) bond motifs is 3. The highest BCUT2D eigenvalue weighted by molar-refractivity contribution is 7.22. The Bertz CT molecular complexity index is 806. The van der Waals surface area contributed by atoms with E-state index in [0.717, 1.165) is 33.1 Å². The normalized spacial score (nSPS) is 15.0. The standard InChI is InChI=1S/C16H17N3O3S/c1-3-4-11(9(2)17-16(20)21)18-15-19-14-10-7-8-22-12(10)5-6-13(14)23-15/h5-6,9,11,17H,7-8H2,1-2H3,(H,18,19)(H,20,21)/t9-,11?/m0/s1. The highest BCUT2D eigenvalue weighted by Crippen LogP contribution is 2.36. The highest BCUT2D eigenvalue weighted by Gasteiger charge is 2.21. The minimum atomic E-state index is -1.07. The first-order valence-corrected chi connectivity index (χ1v) is 8.13. The van der Waals surface area contributed by atoms with Crippen LogP contribution in [0.2, 0.25) is 0 Å². The fraction of sp³-hybridized carbons (Fsp3) is 0.375. The molecule has 0 bridgehead atoms. The van der Waals surface area contributed by atoms with Gasteiger partial charge in [-0.15, -0.1) is 5.92 Å². The van der Waals surface area contributed by atoms with Crippen LogP contribution >= 0.6 is 11.3 Å². The molecule has 2 heterocycles. The van der Waals surface area contributed by atoms with E-state index in [9.17, 15) is 4.79 Å². The van der Waals surface area contributed by atoms with Crippen LogP contribution in [0.3, 0.4) is 0 Å². The van der Waals surface area contributed by atoms with Gasteiger partial charge in [0.1, 0.15) is 11.8 Å². The van der Waals surface area contributed by atoms with Crippen LogP contribution < -0.4 is 15.4 Å². The van der Waals surface area contributed by atoms with Crippen LogP contribution in [0.5, 0.6) is 5.75 Å². The third-order valence-corrected chi connectivity index (χ3v) is 4.61. The number of aromatic nitrogens is 1. The molecule has 1 unspecified atom stereocenters. The number of ether oxygens (including phenoxy) is 1. The quantitative estimate of drug-likeness (QED) is 0.750. The number of carbonyl (C=O) groups is 1. The minimum absolute atomic E-state index is 0.346. The second-order valence-electron chi connectivity index (χ2n) is 5.26. The summed E-state index contributed by atoms with van der Waals surface area (Å²) in [5.41, 5.74) is 2.09. The van der Waals surface area contributed by atoms with Gasteiger partial charge in [-0.2, -0.15) is 0 Å². The number of hydrogen-bond donors (Lipinski definition) is 3. The van der Waals surface area contributed by atoms with Gasteiger partial charge >= 0.3 is 6.09 Å². The summed E-state index contributed by atoms with van der Waals surface area (Å²) in [5, 5.41) is 15.3. The second kappa shape index (κ2) is 6.34. The Morgan fingerprint density at radius 2 is 2.35 bits per heavy atom. The molecule has 0 saturated heterocycles. The molecule has 2 atom stereocenters. The zero-order valence-corrected chi connectivity index (χ0v) is 13.7. The topological polar surface area (TPSA) is 83.5 Å². The van der Waals surface area contributed by atoms with Gasteiger partial charge in [0.25, 0.3) is 0 Å². The van der Waals surface area contributed by atoms with Crippen LogP contribution in [0.4, 0.5) is 9.93 Å². The van der Waals surface area contributed by atoms with Crippen molar-refractivity contribution in [2.45, 2.75) is 32.4 Å². The summed E-state index contributed by atoms with van der Waals surface area (Å²) in [6.45, 7) is 4.19. The largest absolute Gasteiger partial charge is 0.493 e. The molecule has 1 aromatic carbocycles. The molecule has 1 aromatic heterocycles. The van der Waals surface area contributed by atoms with Crippen LogP contribution in [0, 0.1) is 11.8 Å². The van der Waals surface area contributed by atoms with Crippen molar-refractivity contribution < 1.29 is 14.6 Å². The number of anilines is 1. The Morgan fingerprint density at radius 1 is 1.52 bits per heavy atom. The van der Waals surface area contributed by atoms with Crippen molar-refractivity contribution in [3.63, 3.8) is 0 Å². The number of nitrogens with zero attached hydrogens (tertiary/aromatic N) is 1. The maximum atomic E-state index is 10.8. The van der Waals surface area contributed by atoms with Gasteiger partial charge in [-0.25, -0.2) is 9.78 Å². The molecule has 0 saturated carbocycles. The van der Waals surface area contributed by atoms with E-state index in [1.54, 1.807) is 13.8 Å². The first-order valence-electron chi connectivity index (χ1n) is 7.32. The van der Waals surface area contributed by atoms with Crippen molar-refractivity contribution in [3.8, 4) is 17.6 Å². The number of rotatable bonds is 4. The number of nitrogens with one attached hydrogen (secondary N) is 2. The summed E-state index contributed by atoms with van der Waals surface area (Å²) in [4.78, 5) is 15.5. The number of carboxylic acid groups (broad SMARTS) is 1. The summed E-state index contributed by atoms with van der Waals surface area (Å²) >= 11 is 1.53. The van der Waals surface area contributed by atoms with Gasteiger partial charge in [-0.3, -0.25) is 0 Å². The lowest BCUT2D eigenvalue weighted by atomic mass is 10.1. The summed E-state index contributed by atoms with van der Waals surface area (Å²) in [6.07, 6.45) is -0.202. The van der Waals surface area contributed by atoms with Crippen LogP contribution in [-0.4, -0.2) is 34.9 Å². The molecule has 0 spiro atoms. The summed E-state index contributed by atoms with van der Waals surface area (Å²) in [7, 11) is 0. The van der Waals surface area contributed by atoms with Gasteiger partial charge in [0.05, 0.1) is 22.9 Å². The third-order valence-electron chi connectivity index (χ3n) is 3.66. The molecule has 7 heteroatoms. The molecule has 6 nitrogen and oxygen atoms in total. The lowest BCUT2D eigenvalue weighted by Crippen LogP contribution is -2.43. The number of benzene rings is 1. The lowest BCUT2D eigenvalue weighted by Gasteiger charge is -2.19. The molecular weight excluding hydrogens is 314 g/mol. The van der Waals surface area contributed by atoms with Crippen molar-refractivity contribution >= 4 is 32.8 Å². The van der Waals surface area contributed by atoms with Crippen molar-refractivity contribution in [3.05, 3.63) is 17.7 Å². The monoisotopic (exact) mass is 331 g/mol.